The number of thioether (sulfide) groups is 1. The first kappa shape index (κ1) is 22.4. The lowest BCUT2D eigenvalue weighted by Crippen LogP contribution is -2.40. The molecule has 1 aliphatic rings. The van der Waals surface area contributed by atoms with Gasteiger partial charge < -0.3 is 20.0 Å². The molecule has 0 aromatic carbocycles. The van der Waals surface area contributed by atoms with E-state index in [0.29, 0.717) is 30.2 Å². The third kappa shape index (κ3) is 4.98. The van der Waals surface area contributed by atoms with Gasteiger partial charge in [-0.25, -0.2) is 0 Å². The van der Waals surface area contributed by atoms with Gasteiger partial charge in [0.15, 0.2) is 5.16 Å². The molecular formula is C21H31N9OS. The fraction of sp³-hybridized carbons (Fsp3) is 0.571. The van der Waals surface area contributed by atoms with Crippen LogP contribution in [0.4, 0.5) is 17.8 Å². The van der Waals surface area contributed by atoms with Gasteiger partial charge in [-0.2, -0.15) is 15.0 Å². The van der Waals surface area contributed by atoms with E-state index in [0.717, 1.165) is 30.0 Å². The molecule has 3 unspecified atom stereocenters. The van der Waals surface area contributed by atoms with Crippen molar-refractivity contribution in [2.75, 3.05) is 42.7 Å². The van der Waals surface area contributed by atoms with E-state index in [1.165, 1.54) is 6.42 Å². The Kier molecular flexibility index (Phi) is 6.54. The Bertz CT molecular complexity index is 1030. The largest absolute Gasteiger partial charge is 0.467 e. The van der Waals surface area contributed by atoms with Crippen LogP contribution >= 0.6 is 11.8 Å². The summed E-state index contributed by atoms with van der Waals surface area (Å²) in [5.74, 6) is 4.31. The number of rotatable bonds is 7. The van der Waals surface area contributed by atoms with E-state index < -0.39 is 0 Å². The first-order valence-corrected chi connectivity index (χ1v) is 11.7. The molecule has 3 aromatic rings. The van der Waals surface area contributed by atoms with Crippen LogP contribution in [0.25, 0.3) is 0 Å². The molecule has 1 aliphatic heterocycles. The van der Waals surface area contributed by atoms with Gasteiger partial charge >= 0.3 is 0 Å². The summed E-state index contributed by atoms with van der Waals surface area (Å²) >= 11 is 1.55. The highest BCUT2D eigenvalue weighted by atomic mass is 32.2. The van der Waals surface area contributed by atoms with Gasteiger partial charge in [0.25, 0.3) is 0 Å². The minimum Gasteiger partial charge on any atom is -0.467 e. The van der Waals surface area contributed by atoms with Crippen molar-refractivity contribution in [1.82, 2.24) is 29.7 Å². The molecule has 11 heteroatoms. The molecule has 0 aliphatic carbocycles. The van der Waals surface area contributed by atoms with Crippen LogP contribution < -0.4 is 15.5 Å². The van der Waals surface area contributed by atoms with Gasteiger partial charge in [0.05, 0.1) is 18.1 Å². The summed E-state index contributed by atoms with van der Waals surface area (Å²) < 4.78 is 7.76. The Morgan fingerprint density at radius 1 is 1.19 bits per heavy atom. The van der Waals surface area contributed by atoms with Crippen molar-refractivity contribution in [3.63, 3.8) is 0 Å². The lowest BCUT2D eigenvalue weighted by molar-refractivity contribution is 0.350. The second-order valence-electron chi connectivity index (χ2n) is 8.81. The number of hydrogen-bond acceptors (Lipinski definition) is 10. The average molecular weight is 458 g/mol. The molecule has 0 spiro atoms. The van der Waals surface area contributed by atoms with Crippen molar-refractivity contribution in [3.05, 3.63) is 30.0 Å². The maximum atomic E-state index is 5.93. The zero-order chi connectivity index (χ0) is 22.8. The quantitative estimate of drug-likeness (QED) is 0.531. The van der Waals surface area contributed by atoms with E-state index in [1.807, 2.05) is 38.1 Å². The molecule has 172 valence electrons. The molecule has 32 heavy (non-hydrogen) atoms. The Balaban J connectivity index is 1.64. The lowest BCUT2D eigenvalue weighted by Gasteiger charge is -2.35. The van der Waals surface area contributed by atoms with Crippen LogP contribution in [0.3, 0.4) is 0 Å². The summed E-state index contributed by atoms with van der Waals surface area (Å²) in [6.45, 7) is 9.12. The first-order valence-electron chi connectivity index (χ1n) is 10.9. The minimum absolute atomic E-state index is 0.0920. The van der Waals surface area contributed by atoms with E-state index in [-0.39, 0.29) is 11.2 Å². The number of hydrogen-bond donors (Lipinski definition) is 1. The van der Waals surface area contributed by atoms with Crippen molar-refractivity contribution < 1.29 is 4.42 Å². The molecule has 0 amide bonds. The van der Waals surface area contributed by atoms with Crippen LogP contribution in [0.2, 0.25) is 0 Å². The summed E-state index contributed by atoms with van der Waals surface area (Å²) in [7, 11) is 3.76. The molecular weight excluding hydrogens is 426 g/mol. The second kappa shape index (κ2) is 9.35. The van der Waals surface area contributed by atoms with E-state index in [2.05, 4.69) is 48.5 Å². The van der Waals surface area contributed by atoms with Gasteiger partial charge in [-0.15, -0.1) is 10.2 Å². The zero-order valence-electron chi connectivity index (χ0n) is 19.3. The Morgan fingerprint density at radius 2 is 1.94 bits per heavy atom. The van der Waals surface area contributed by atoms with Crippen LogP contribution in [-0.2, 0) is 6.54 Å². The lowest BCUT2D eigenvalue weighted by atomic mass is 9.92. The third-order valence-corrected chi connectivity index (χ3v) is 6.52. The SMILES string of the molecule is CC1CC(C)CN(c2nnc(SC(C)c3nc(N)nc(N(C)C)n3)n2Cc2ccco2)C1. The van der Waals surface area contributed by atoms with Gasteiger partial charge in [0.1, 0.15) is 11.6 Å². The van der Waals surface area contributed by atoms with Crippen molar-refractivity contribution in [3.8, 4) is 0 Å². The summed E-state index contributed by atoms with van der Waals surface area (Å²) in [5, 5.41) is 9.84. The number of nitrogens with zero attached hydrogens (tertiary/aromatic N) is 8. The Morgan fingerprint density at radius 3 is 2.59 bits per heavy atom. The van der Waals surface area contributed by atoms with Crippen molar-refractivity contribution in [2.45, 2.75) is 44.1 Å². The Labute approximate surface area is 192 Å². The summed E-state index contributed by atoms with van der Waals surface area (Å²) in [5.41, 5.74) is 5.93. The fourth-order valence-electron chi connectivity index (χ4n) is 4.12. The monoisotopic (exact) mass is 457 g/mol. The smallest absolute Gasteiger partial charge is 0.229 e. The summed E-state index contributed by atoms with van der Waals surface area (Å²) in [6, 6.07) is 3.87. The van der Waals surface area contributed by atoms with Gasteiger partial charge in [0, 0.05) is 27.2 Å². The van der Waals surface area contributed by atoms with Gasteiger partial charge in [-0.05, 0) is 37.3 Å². The maximum absolute atomic E-state index is 5.93. The molecule has 4 rings (SSSR count). The highest BCUT2D eigenvalue weighted by molar-refractivity contribution is 7.99. The Hall–Kier alpha value is -2.82. The molecule has 3 aromatic heterocycles. The van der Waals surface area contributed by atoms with Gasteiger partial charge in [-0.1, -0.05) is 25.6 Å². The topological polar surface area (TPSA) is 115 Å². The molecule has 10 nitrogen and oxygen atoms in total. The average Bonchev–Trinajstić information content (AvgIpc) is 3.37. The second-order valence-corrected chi connectivity index (χ2v) is 10.1. The zero-order valence-corrected chi connectivity index (χ0v) is 20.1. The minimum atomic E-state index is -0.0920. The van der Waals surface area contributed by atoms with E-state index >= 15 is 0 Å². The van der Waals surface area contributed by atoms with Crippen molar-refractivity contribution in [2.24, 2.45) is 11.8 Å². The van der Waals surface area contributed by atoms with E-state index in [1.54, 1.807) is 18.0 Å². The molecule has 0 saturated carbocycles. The van der Waals surface area contributed by atoms with Crippen LogP contribution in [0.1, 0.15) is 44.0 Å². The molecule has 4 heterocycles. The highest BCUT2D eigenvalue weighted by Crippen LogP contribution is 2.35. The standard InChI is InChI=1S/C21H31N9OS/c1-13-9-14(2)11-29(10-13)20-26-27-21(30(20)12-16-7-6-8-31-16)32-15(3)17-23-18(22)25-19(24-17)28(4)5/h6-8,13-15H,9-12H2,1-5H3,(H2,22,23,24,25). The summed E-state index contributed by atoms with van der Waals surface area (Å²) in [4.78, 5) is 17.3. The fourth-order valence-corrected chi connectivity index (χ4v) is 5.00. The van der Waals surface area contributed by atoms with Crippen LogP contribution in [0.15, 0.2) is 28.0 Å². The van der Waals surface area contributed by atoms with Crippen molar-refractivity contribution >= 4 is 29.6 Å². The van der Waals surface area contributed by atoms with E-state index in [9.17, 15) is 0 Å². The first-order chi connectivity index (χ1) is 15.3. The van der Waals surface area contributed by atoms with Crippen LogP contribution in [0.5, 0.6) is 0 Å². The molecule has 1 fully saturated rings. The number of piperidine rings is 1. The number of nitrogens with two attached hydrogens (primary N) is 1. The third-order valence-electron chi connectivity index (χ3n) is 5.45. The highest BCUT2D eigenvalue weighted by Gasteiger charge is 2.28. The normalized spacial score (nSPS) is 19.8. The maximum Gasteiger partial charge on any atom is 0.229 e. The van der Waals surface area contributed by atoms with Crippen LogP contribution in [0, 0.1) is 11.8 Å². The van der Waals surface area contributed by atoms with Crippen LogP contribution in [-0.4, -0.2) is 56.9 Å². The molecule has 0 radical (unpaired) electrons. The van der Waals surface area contributed by atoms with E-state index in [4.69, 9.17) is 10.2 Å². The number of nitrogen functional groups attached to an aromatic ring is 1. The molecule has 0 bridgehead atoms. The summed E-state index contributed by atoms with van der Waals surface area (Å²) in [6.07, 6.45) is 2.92. The number of aromatic nitrogens is 6. The molecule has 1 saturated heterocycles. The van der Waals surface area contributed by atoms with Crippen molar-refractivity contribution in [1.29, 1.82) is 0 Å². The predicted octanol–water partition coefficient (Wildman–Crippen LogP) is 3.09. The number of anilines is 3. The predicted molar refractivity (Wildman–Crippen MR) is 126 cm³/mol. The van der Waals surface area contributed by atoms with Gasteiger partial charge in [-0.3, -0.25) is 4.57 Å². The molecule has 3 atom stereocenters. The molecule has 2 N–H and O–H groups in total. The van der Waals surface area contributed by atoms with Gasteiger partial charge in [0.2, 0.25) is 17.8 Å². The number of furan rings is 1.